The fraction of sp³-hybridized carbons (Fsp3) is 0.800. The van der Waals surface area contributed by atoms with Crippen LogP contribution in [0, 0.1) is 11.3 Å². The maximum Gasteiger partial charge on any atom is 0.238 e. The van der Waals surface area contributed by atoms with Crippen LogP contribution < -0.4 is 10.6 Å². The predicted octanol–water partition coefficient (Wildman–Crippen LogP) is 0.500. The Morgan fingerprint density at radius 1 is 1.80 bits per heavy atom. The number of amides is 1. The second-order valence-corrected chi connectivity index (χ2v) is 4.71. The number of nitrogens with zero attached hydrogens (tertiary/aromatic N) is 1. The summed E-state index contributed by atoms with van der Waals surface area (Å²) in [4.78, 5) is 11.7. The molecule has 0 aromatic heterocycles. The van der Waals surface area contributed by atoms with E-state index in [4.69, 9.17) is 5.26 Å². The minimum absolute atomic E-state index is 0.00349. The summed E-state index contributed by atoms with van der Waals surface area (Å²) in [5.41, 5.74) is 0. The van der Waals surface area contributed by atoms with Crippen LogP contribution >= 0.6 is 11.8 Å². The standard InChI is InChI=1S/C10H17N3OS/c1-2-8(3-4-11)13-10(14)9-7-15-6-5-12-9/h8-9,12H,2-3,5-7H2,1H3,(H,13,14). The van der Waals surface area contributed by atoms with Gasteiger partial charge < -0.3 is 10.6 Å². The summed E-state index contributed by atoms with van der Waals surface area (Å²) in [5, 5.41) is 14.6. The summed E-state index contributed by atoms with van der Waals surface area (Å²) in [5.74, 6) is 1.93. The summed E-state index contributed by atoms with van der Waals surface area (Å²) in [6, 6.07) is 2.00. The number of nitriles is 1. The molecule has 0 aliphatic carbocycles. The zero-order valence-corrected chi connectivity index (χ0v) is 9.77. The van der Waals surface area contributed by atoms with Gasteiger partial charge in [0.25, 0.3) is 0 Å². The number of rotatable bonds is 4. The van der Waals surface area contributed by atoms with Crippen molar-refractivity contribution in [1.82, 2.24) is 10.6 Å². The summed E-state index contributed by atoms with van der Waals surface area (Å²) in [6.45, 7) is 2.86. The fourth-order valence-electron chi connectivity index (χ4n) is 1.44. The van der Waals surface area contributed by atoms with Gasteiger partial charge in [-0.3, -0.25) is 4.79 Å². The van der Waals surface area contributed by atoms with Gasteiger partial charge in [0.05, 0.1) is 18.5 Å². The molecular weight excluding hydrogens is 210 g/mol. The fourth-order valence-corrected chi connectivity index (χ4v) is 2.38. The van der Waals surface area contributed by atoms with Gasteiger partial charge in [0.2, 0.25) is 5.91 Å². The Balaban J connectivity index is 2.35. The van der Waals surface area contributed by atoms with E-state index in [1.807, 2.05) is 6.92 Å². The van der Waals surface area contributed by atoms with Crippen LogP contribution in [0.1, 0.15) is 19.8 Å². The SMILES string of the molecule is CCC(CC#N)NC(=O)C1CSCCN1. The molecule has 84 valence electrons. The molecule has 2 atom stereocenters. The Morgan fingerprint density at radius 3 is 3.13 bits per heavy atom. The summed E-state index contributed by atoms with van der Waals surface area (Å²) < 4.78 is 0. The molecule has 5 heteroatoms. The molecule has 0 aromatic rings. The second-order valence-electron chi connectivity index (χ2n) is 3.56. The summed E-state index contributed by atoms with van der Waals surface area (Å²) in [7, 11) is 0. The lowest BCUT2D eigenvalue weighted by Gasteiger charge is -2.24. The zero-order chi connectivity index (χ0) is 11.1. The Labute approximate surface area is 94.8 Å². The molecule has 0 radical (unpaired) electrons. The molecule has 0 spiro atoms. The third-order valence-corrected chi connectivity index (χ3v) is 3.48. The van der Waals surface area contributed by atoms with Crippen LogP contribution in [0.15, 0.2) is 0 Å². The molecule has 15 heavy (non-hydrogen) atoms. The van der Waals surface area contributed by atoms with Gasteiger partial charge in [0.1, 0.15) is 0 Å². The number of hydrogen-bond acceptors (Lipinski definition) is 4. The van der Waals surface area contributed by atoms with Gasteiger partial charge in [-0.25, -0.2) is 0 Å². The van der Waals surface area contributed by atoms with E-state index in [1.165, 1.54) is 0 Å². The van der Waals surface area contributed by atoms with Crippen molar-refractivity contribution in [1.29, 1.82) is 5.26 Å². The van der Waals surface area contributed by atoms with Gasteiger partial charge in [-0.2, -0.15) is 17.0 Å². The lowest BCUT2D eigenvalue weighted by Crippen LogP contribution is -2.51. The maximum absolute atomic E-state index is 11.7. The number of thioether (sulfide) groups is 1. The van der Waals surface area contributed by atoms with Crippen LogP contribution in [0.4, 0.5) is 0 Å². The monoisotopic (exact) mass is 227 g/mol. The summed E-state index contributed by atoms with van der Waals surface area (Å²) >= 11 is 1.79. The van der Waals surface area contributed by atoms with Gasteiger partial charge in [-0.1, -0.05) is 6.92 Å². The van der Waals surface area contributed by atoms with Crippen LogP contribution in [-0.4, -0.2) is 36.0 Å². The Hall–Kier alpha value is -0.730. The Morgan fingerprint density at radius 2 is 2.60 bits per heavy atom. The molecule has 1 amide bonds. The van der Waals surface area contributed by atoms with E-state index in [0.717, 1.165) is 24.5 Å². The lowest BCUT2D eigenvalue weighted by atomic mass is 10.1. The third kappa shape index (κ3) is 4.10. The highest BCUT2D eigenvalue weighted by atomic mass is 32.2. The van der Waals surface area contributed by atoms with Gasteiger partial charge in [-0.15, -0.1) is 0 Å². The Bertz CT molecular complexity index is 246. The molecule has 0 aromatic carbocycles. The minimum Gasteiger partial charge on any atom is -0.351 e. The highest BCUT2D eigenvalue weighted by Crippen LogP contribution is 2.08. The first kappa shape index (κ1) is 12.3. The van der Waals surface area contributed by atoms with Crippen molar-refractivity contribution in [2.45, 2.75) is 31.8 Å². The number of carbonyl (C=O) groups excluding carboxylic acids is 1. The van der Waals surface area contributed by atoms with Gasteiger partial charge in [0.15, 0.2) is 0 Å². The first-order chi connectivity index (χ1) is 7.27. The van der Waals surface area contributed by atoms with E-state index in [2.05, 4.69) is 16.7 Å². The highest BCUT2D eigenvalue weighted by molar-refractivity contribution is 7.99. The van der Waals surface area contributed by atoms with E-state index in [0.29, 0.717) is 6.42 Å². The van der Waals surface area contributed by atoms with Gasteiger partial charge in [0, 0.05) is 24.1 Å². The van der Waals surface area contributed by atoms with Crippen LogP contribution in [0.3, 0.4) is 0 Å². The Kier molecular flexibility index (Phi) is 5.51. The molecule has 0 saturated carbocycles. The van der Waals surface area contributed by atoms with Crippen LogP contribution in [0.25, 0.3) is 0 Å². The molecule has 1 aliphatic rings. The summed E-state index contributed by atoms with van der Waals surface area (Å²) in [6.07, 6.45) is 1.20. The second kappa shape index (κ2) is 6.70. The van der Waals surface area contributed by atoms with E-state index < -0.39 is 0 Å². The van der Waals surface area contributed by atoms with E-state index in [-0.39, 0.29) is 18.0 Å². The third-order valence-electron chi connectivity index (χ3n) is 2.42. The topological polar surface area (TPSA) is 64.9 Å². The van der Waals surface area contributed by atoms with E-state index in [1.54, 1.807) is 11.8 Å². The van der Waals surface area contributed by atoms with Gasteiger partial charge in [-0.05, 0) is 6.42 Å². The molecule has 0 bridgehead atoms. The van der Waals surface area contributed by atoms with Crippen molar-refractivity contribution in [3.05, 3.63) is 0 Å². The minimum atomic E-state index is -0.0866. The highest BCUT2D eigenvalue weighted by Gasteiger charge is 2.22. The molecule has 2 unspecified atom stereocenters. The molecule has 2 N–H and O–H groups in total. The van der Waals surface area contributed by atoms with Crippen molar-refractivity contribution in [3.8, 4) is 6.07 Å². The lowest BCUT2D eigenvalue weighted by molar-refractivity contribution is -0.123. The molecule has 1 heterocycles. The van der Waals surface area contributed by atoms with Crippen molar-refractivity contribution in [2.24, 2.45) is 0 Å². The van der Waals surface area contributed by atoms with Crippen molar-refractivity contribution in [3.63, 3.8) is 0 Å². The number of carbonyl (C=O) groups is 1. The zero-order valence-electron chi connectivity index (χ0n) is 8.95. The molecule has 4 nitrogen and oxygen atoms in total. The molecule has 1 saturated heterocycles. The normalized spacial score (nSPS) is 22.8. The first-order valence-electron chi connectivity index (χ1n) is 5.26. The van der Waals surface area contributed by atoms with Crippen molar-refractivity contribution >= 4 is 17.7 Å². The molecule has 1 fully saturated rings. The number of nitrogens with one attached hydrogen (secondary N) is 2. The van der Waals surface area contributed by atoms with E-state index in [9.17, 15) is 4.79 Å². The average molecular weight is 227 g/mol. The predicted molar refractivity (Wildman–Crippen MR) is 61.6 cm³/mol. The van der Waals surface area contributed by atoms with E-state index >= 15 is 0 Å². The van der Waals surface area contributed by atoms with Crippen LogP contribution in [0.5, 0.6) is 0 Å². The smallest absolute Gasteiger partial charge is 0.238 e. The van der Waals surface area contributed by atoms with Crippen molar-refractivity contribution < 1.29 is 4.79 Å². The van der Waals surface area contributed by atoms with Crippen LogP contribution in [0.2, 0.25) is 0 Å². The number of hydrogen-bond donors (Lipinski definition) is 2. The maximum atomic E-state index is 11.7. The molecule has 1 aliphatic heterocycles. The largest absolute Gasteiger partial charge is 0.351 e. The van der Waals surface area contributed by atoms with Crippen molar-refractivity contribution in [2.75, 3.05) is 18.1 Å². The quantitative estimate of drug-likeness (QED) is 0.734. The van der Waals surface area contributed by atoms with Gasteiger partial charge >= 0.3 is 0 Å². The first-order valence-corrected chi connectivity index (χ1v) is 6.41. The molecular formula is C10H17N3OS. The average Bonchev–Trinajstić information content (AvgIpc) is 2.29. The molecule has 1 rings (SSSR count). The van der Waals surface area contributed by atoms with Crippen LogP contribution in [-0.2, 0) is 4.79 Å².